The zero-order valence-electron chi connectivity index (χ0n) is 24.9. The van der Waals surface area contributed by atoms with Crippen LogP contribution in [-0.2, 0) is 0 Å². The van der Waals surface area contributed by atoms with E-state index in [2.05, 4.69) is 159 Å². The standard InChI is InChI=1S/C44H30/c1-27-28(2)34-23-22-32(26-40(34)37-19-11-10-16-33(27)37)42-39-25-21-29-12-6-8-17-35(29)43(39)41(31-14-4-3-5-15-31)38-24-20-30-13-7-9-18-36(30)44(38)42/h3-26H,1-2H3. The van der Waals surface area contributed by atoms with Crippen LogP contribution in [0.5, 0.6) is 0 Å². The van der Waals surface area contributed by atoms with E-state index < -0.39 is 0 Å². The van der Waals surface area contributed by atoms with Crippen LogP contribution in [0.3, 0.4) is 0 Å². The molecule has 0 aliphatic heterocycles. The van der Waals surface area contributed by atoms with Gasteiger partial charge in [-0.1, -0.05) is 140 Å². The summed E-state index contributed by atoms with van der Waals surface area (Å²) in [4.78, 5) is 0. The maximum absolute atomic E-state index is 2.46. The molecule has 0 nitrogen and oxygen atoms in total. The van der Waals surface area contributed by atoms with Gasteiger partial charge < -0.3 is 0 Å². The van der Waals surface area contributed by atoms with Crippen molar-refractivity contribution in [3.63, 3.8) is 0 Å². The van der Waals surface area contributed by atoms with Crippen molar-refractivity contribution in [3.05, 3.63) is 157 Å². The van der Waals surface area contributed by atoms with E-state index in [9.17, 15) is 0 Å². The second-order valence-corrected chi connectivity index (χ2v) is 12.1. The van der Waals surface area contributed by atoms with Gasteiger partial charge in [0, 0.05) is 0 Å². The summed E-state index contributed by atoms with van der Waals surface area (Å²) in [6.45, 7) is 4.52. The zero-order valence-corrected chi connectivity index (χ0v) is 24.9. The minimum Gasteiger partial charge on any atom is -0.0622 e. The van der Waals surface area contributed by atoms with Crippen molar-refractivity contribution in [1.29, 1.82) is 0 Å². The molecule has 0 saturated heterocycles. The van der Waals surface area contributed by atoms with Gasteiger partial charge in [-0.15, -0.1) is 0 Å². The first-order valence-corrected chi connectivity index (χ1v) is 15.5. The Morgan fingerprint density at radius 2 is 0.750 bits per heavy atom. The molecule has 0 heterocycles. The van der Waals surface area contributed by atoms with Crippen molar-refractivity contribution in [1.82, 2.24) is 0 Å². The minimum absolute atomic E-state index is 1.25. The minimum atomic E-state index is 1.25. The fourth-order valence-corrected chi connectivity index (χ4v) is 7.67. The van der Waals surface area contributed by atoms with E-state index in [0.717, 1.165) is 0 Å². The molecule has 0 aromatic heterocycles. The summed E-state index contributed by atoms with van der Waals surface area (Å²) < 4.78 is 0. The zero-order chi connectivity index (χ0) is 29.4. The summed E-state index contributed by atoms with van der Waals surface area (Å²) in [5.74, 6) is 0. The molecule has 44 heavy (non-hydrogen) atoms. The average Bonchev–Trinajstić information content (AvgIpc) is 3.09. The molecule has 0 heteroatoms. The molecule has 0 saturated carbocycles. The fourth-order valence-electron chi connectivity index (χ4n) is 7.67. The van der Waals surface area contributed by atoms with E-state index in [1.807, 2.05) is 0 Å². The SMILES string of the molecule is Cc1c(C)c2ccc(-c3c4ccc5ccccc5c4c(-c4ccccc4)c4ccc5ccccc5c34)cc2c2ccccc12. The number of hydrogen-bond acceptors (Lipinski definition) is 0. The maximum atomic E-state index is 2.46. The Morgan fingerprint density at radius 1 is 0.295 bits per heavy atom. The number of benzene rings is 9. The van der Waals surface area contributed by atoms with Crippen LogP contribution in [0, 0.1) is 13.8 Å². The molecule has 0 radical (unpaired) electrons. The Labute approximate surface area is 256 Å². The van der Waals surface area contributed by atoms with Gasteiger partial charge in [0.15, 0.2) is 0 Å². The van der Waals surface area contributed by atoms with Crippen LogP contribution in [0.4, 0.5) is 0 Å². The predicted octanol–water partition coefficient (Wildman–Crippen LogP) is 12.6. The molecule has 9 rings (SSSR count). The highest BCUT2D eigenvalue weighted by Crippen LogP contribution is 2.49. The van der Waals surface area contributed by atoms with Crippen molar-refractivity contribution in [2.75, 3.05) is 0 Å². The van der Waals surface area contributed by atoms with Gasteiger partial charge in [-0.25, -0.2) is 0 Å². The molecule has 0 N–H and O–H groups in total. The number of fused-ring (bicyclic) bond motifs is 9. The van der Waals surface area contributed by atoms with Gasteiger partial charge in [-0.3, -0.25) is 0 Å². The van der Waals surface area contributed by atoms with Gasteiger partial charge in [0.25, 0.3) is 0 Å². The van der Waals surface area contributed by atoms with Gasteiger partial charge in [0.05, 0.1) is 0 Å². The van der Waals surface area contributed by atoms with Crippen molar-refractivity contribution < 1.29 is 0 Å². The second kappa shape index (κ2) is 9.53. The van der Waals surface area contributed by atoms with Crippen LogP contribution >= 0.6 is 0 Å². The van der Waals surface area contributed by atoms with Crippen LogP contribution in [-0.4, -0.2) is 0 Å². The van der Waals surface area contributed by atoms with E-state index in [1.165, 1.54) is 98.0 Å². The molecule has 0 fully saturated rings. The smallest absolute Gasteiger partial charge is 0.00141 e. The van der Waals surface area contributed by atoms with Crippen molar-refractivity contribution in [2.45, 2.75) is 13.8 Å². The highest BCUT2D eigenvalue weighted by Gasteiger charge is 2.21. The van der Waals surface area contributed by atoms with Gasteiger partial charge in [-0.05, 0) is 118 Å². The highest BCUT2D eigenvalue weighted by molar-refractivity contribution is 6.32. The average molecular weight is 559 g/mol. The quantitative estimate of drug-likeness (QED) is 0.146. The van der Waals surface area contributed by atoms with Crippen LogP contribution in [0.2, 0.25) is 0 Å². The van der Waals surface area contributed by atoms with E-state index in [1.54, 1.807) is 0 Å². The lowest BCUT2D eigenvalue weighted by Crippen LogP contribution is -1.94. The lowest BCUT2D eigenvalue weighted by molar-refractivity contribution is 1.41. The molecule has 0 bridgehead atoms. The number of aryl methyl sites for hydroxylation is 2. The molecular formula is C44H30. The van der Waals surface area contributed by atoms with Crippen LogP contribution in [0.25, 0.3) is 86.9 Å². The third-order valence-electron chi connectivity index (χ3n) is 9.86. The summed E-state index contributed by atoms with van der Waals surface area (Å²) in [6.07, 6.45) is 0. The molecule has 0 amide bonds. The summed E-state index contributed by atoms with van der Waals surface area (Å²) >= 11 is 0. The third kappa shape index (κ3) is 3.52. The second-order valence-electron chi connectivity index (χ2n) is 12.1. The molecule has 0 aliphatic carbocycles. The Morgan fingerprint density at radius 3 is 1.36 bits per heavy atom. The molecule has 0 aliphatic rings. The van der Waals surface area contributed by atoms with Crippen molar-refractivity contribution in [3.8, 4) is 22.3 Å². The van der Waals surface area contributed by atoms with E-state index in [0.29, 0.717) is 0 Å². The molecular weight excluding hydrogens is 528 g/mol. The first kappa shape index (κ1) is 25.1. The first-order chi connectivity index (χ1) is 21.7. The molecule has 0 spiro atoms. The Bertz CT molecular complexity index is 2600. The fraction of sp³-hybridized carbons (Fsp3) is 0.0455. The van der Waals surface area contributed by atoms with Crippen LogP contribution in [0.15, 0.2) is 146 Å². The highest BCUT2D eigenvalue weighted by atomic mass is 14.2. The largest absolute Gasteiger partial charge is 0.0622 e. The molecule has 9 aromatic rings. The Kier molecular flexibility index (Phi) is 5.43. The van der Waals surface area contributed by atoms with E-state index in [4.69, 9.17) is 0 Å². The van der Waals surface area contributed by atoms with Crippen molar-refractivity contribution >= 4 is 64.6 Å². The number of hydrogen-bond donors (Lipinski definition) is 0. The molecule has 0 atom stereocenters. The summed E-state index contributed by atoms with van der Waals surface area (Å²) in [7, 11) is 0. The maximum Gasteiger partial charge on any atom is -0.00141 e. The summed E-state index contributed by atoms with van der Waals surface area (Å²) in [5, 5.41) is 15.6. The Balaban J connectivity index is 1.55. The van der Waals surface area contributed by atoms with Gasteiger partial charge in [-0.2, -0.15) is 0 Å². The monoisotopic (exact) mass is 558 g/mol. The van der Waals surface area contributed by atoms with Crippen molar-refractivity contribution in [2.24, 2.45) is 0 Å². The van der Waals surface area contributed by atoms with Crippen LogP contribution < -0.4 is 0 Å². The third-order valence-corrected chi connectivity index (χ3v) is 9.86. The molecule has 0 unspecified atom stereocenters. The molecule has 206 valence electrons. The number of rotatable bonds is 2. The van der Waals surface area contributed by atoms with Gasteiger partial charge in [0.1, 0.15) is 0 Å². The lowest BCUT2D eigenvalue weighted by atomic mass is 9.82. The van der Waals surface area contributed by atoms with E-state index in [-0.39, 0.29) is 0 Å². The normalized spacial score (nSPS) is 11.9. The Hall–Kier alpha value is -5.46. The molecule has 9 aromatic carbocycles. The van der Waals surface area contributed by atoms with Gasteiger partial charge >= 0.3 is 0 Å². The summed E-state index contributed by atoms with van der Waals surface area (Å²) in [5.41, 5.74) is 7.83. The topological polar surface area (TPSA) is 0 Å². The lowest BCUT2D eigenvalue weighted by Gasteiger charge is -2.21. The summed E-state index contributed by atoms with van der Waals surface area (Å²) in [6, 6.07) is 54.0. The predicted molar refractivity (Wildman–Crippen MR) is 192 cm³/mol. The van der Waals surface area contributed by atoms with Gasteiger partial charge in [0.2, 0.25) is 0 Å². The van der Waals surface area contributed by atoms with Crippen LogP contribution in [0.1, 0.15) is 11.1 Å². The first-order valence-electron chi connectivity index (χ1n) is 15.5. The van der Waals surface area contributed by atoms with E-state index >= 15 is 0 Å².